The van der Waals surface area contributed by atoms with Crippen molar-refractivity contribution in [3.63, 3.8) is 0 Å². The fraction of sp³-hybridized carbons (Fsp3) is 0.391. The van der Waals surface area contributed by atoms with Gasteiger partial charge in [0.05, 0.1) is 24.5 Å². The number of benzene rings is 2. The van der Waals surface area contributed by atoms with Crippen molar-refractivity contribution in [3.8, 4) is 11.5 Å². The fourth-order valence-corrected chi connectivity index (χ4v) is 3.25. The number of hydrogen-bond donors (Lipinski definition) is 2. The van der Waals surface area contributed by atoms with E-state index in [9.17, 15) is 9.59 Å². The Kier molecular flexibility index (Phi) is 7.68. The maximum atomic E-state index is 12.8. The van der Waals surface area contributed by atoms with Crippen LogP contribution in [0.5, 0.6) is 11.5 Å². The van der Waals surface area contributed by atoms with E-state index in [1.807, 2.05) is 6.92 Å². The highest BCUT2D eigenvalue weighted by Crippen LogP contribution is 2.21. The summed E-state index contributed by atoms with van der Waals surface area (Å²) in [5.74, 6) is 0.724. The van der Waals surface area contributed by atoms with E-state index in [1.165, 1.54) is 0 Å². The average molecular weight is 412 g/mol. The molecule has 0 saturated carbocycles. The molecule has 0 bridgehead atoms. The second kappa shape index (κ2) is 10.6. The Bertz CT molecular complexity index is 847. The van der Waals surface area contributed by atoms with Gasteiger partial charge < -0.3 is 24.8 Å². The standard InChI is InChI=1S/C23H28N2O5/c1-3-21(30-17-12-10-16(28-2)11-13-17)23(27)25-20-9-5-4-8-19(20)22(26)24-15-18-7-6-14-29-18/h4-5,8-13,18,21H,3,6-7,14-15H2,1-2H3,(H,24,26)(H,25,27)/t18-,21+/m0/s1. The molecular formula is C23H28N2O5. The van der Waals surface area contributed by atoms with Crippen molar-refractivity contribution < 1.29 is 23.8 Å². The molecule has 2 aromatic carbocycles. The number of methoxy groups -OCH3 is 1. The highest BCUT2D eigenvalue weighted by Gasteiger charge is 2.22. The van der Waals surface area contributed by atoms with Crippen LogP contribution in [-0.4, -0.2) is 44.3 Å². The Balaban J connectivity index is 1.63. The molecule has 1 heterocycles. The molecule has 7 heteroatoms. The van der Waals surface area contributed by atoms with Gasteiger partial charge in [0.15, 0.2) is 6.10 Å². The number of carbonyl (C=O) groups is 2. The van der Waals surface area contributed by atoms with E-state index in [0.29, 0.717) is 35.7 Å². The minimum atomic E-state index is -0.693. The molecule has 7 nitrogen and oxygen atoms in total. The molecule has 3 rings (SSSR count). The quantitative estimate of drug-likeness (QED) is 0.659. The van der Waals surface area contributed by atoms with Crippen molar-refractivity contribution in [2.75, 3.05) is 25.6 Å². The van der Waals surface area contributed by atoms with Gasteiger partial charge in [0.25, 0.3) is 11.8 Å². The molecule has 1 fully saturated rings. The van der Waals surface area contributed by atoms with Crippen LogP contribution in [0.1, 0.15) is 36.5 Å². The lowest BCUT2D eigenvalue weighted by Gasteiger charge is -2.19. The lowest BCUT2D eigenvalue weighted by Crippen LogP contribution is -2.35. The largest absolute Gasteiger partial charge is 0.497 e. The zero-order valence-electron chi connectivity index (χ0n) is 17.4. The van der Waals surface area contributed by atoms with Crippen LogP contribution in [0.2, 0.25) is 0 Å². The second-order valence-electron chi connectivity index (χ2n) is 7.07. The van der Waals surface area contributed by atoms with Gasteiger partial charge in [0.1, 0.15) is 11.5 Å². The molecule has 160 valence electrons. The Morgan fingerprint density at radius 2 is 1.87 bits per heavy atom. The maximum Gasteiger partial charge on any atom is 0.265 e. The molecule has 1 aliphatic rings. The lowest BCUT2D eigenvalue weighted by atomic mass is 10.1. The van der Waals surface area contributed by atoms with E-state index >= 15 is 0 Å². The summed E-state index contributed by atoms with van der Waals surface area (Å²) in [4.78, 5) is 25.4. The summed E-state index contributed by atoms with van der Waals surface area (Å²) in [6.07, 6.45) is 1.80. The molecule has 2 atom stereocenters. The molecule has 0 aromatic heterocycles. The number of para-hydroxylation sites is 1. The first-order chi connectivity index (χ1) is 14.6. The van der Waals surface area contributed by atoms with E-state index in [1.54, 1.807) is 55.6 Å². The summed E-state index contributed by atoms with van der Waals surface area (Å²) in [6.45, 7) is 3.06. The Morgan fingerprint density at radius 1 is 1.13 bits per heavy atom. The van der Waals surface area contributed by atoms with Crippen molar-refractivity contribution in [1.29, 1.82) is 0 Å². The third-order valence-electron chi connectivity index (χ3n) is 4.94. The summed E-state index contributed by atoms with van der Waals surface area (Å²) in [5, 5.41) is 5.72. The van der Waals surface area contributed by atoms with Gasteiger partial charge in [-0.25, -0.2) is 0 Å². The van der Waals surface area contributed by atoms with E-state index in [2.05, 4.69) is 10.6 Å². The highest BCUT2D eigenvalue weighted by molar-refractivity contribution is 6.04. The van der Waals surface area contributed by atoms with Crippen LogP contribution in [0.15, 0.2) is 48.5 Å². The first-order valence-electron chi connectivity index (χ1n) is 10.2. The van der Waals surface area contributed by atoms with E-state index in [4.69, 9.17) is 14.2 Å². The highest BCUT2D eigenvalue weighted by atomic mass is 16.5. The molecule has 2 amide bonds. The van der Waals surface area contributed by atoms with Gasteiger partial charge in [-0.1, -0.05) is 19.1 Å². The number of hydrogen-bond acceptors (Lipinski definition) is 5. The Morgan fingerprint density at radius 3 is 2.53 bits per heavy atom. The molecule has 0 aliphatic carbocycles. The van der Waals surface area contributed by atoms with Gasteiger partial charge >= 0.3 is 0 Å². The van der Waals surface area contributed by atoms with E-state index in [-0.39, 0.29) is 17.9 Å². The van der Waals surface area contributed by atoms with E-state index in [0.717, 1.165) is 19.4 Å². The van der Waals surface area contributed by atoms with Crippen LogP contribution in [0.25, 0.3) is 0 Å². The number of rotatable bonds is 9. The molecule has 1 saturated heterocycles. The van der Waals surface area contributed by atoms with Crippen molar-refractivity contribution in [2.45, 2.75) is 38.4 Å². The summed E-state index contributed by atoms with van der Waals surface area (Å²) in [5.41, 5.74) is 0.854. The van der Waals surface area contributed by atoms with Gasteiger partial charge in [-0.3, -0.25) is 9.59 Å². The van der Waals surface area contributed by atoms with Crippen LogP contribution < -0.4 is 20.1 Å². The number of anilines is 1. The third-order valence-corrected chi connectivity index (χ3v) is 4.94. The molecule has 30 heavy (non-hydrogen) atoms. The van der Waals surface area contributed by atoms with Crippen molar-refractivity contribution in [3.05, 3.63) is 54.1 Å². The summed E-state index contributed by atoms with van der Waals surface area (Å²) in [7, 11) is 1.59. The van der Waals surface area contributed by atoms with Gasteiger partial charge in [-0.05, 0) is 55.7 Å². The minimum absolute atomic E-state index is 0.0538. The zero-order chi connectivity index (χ0) is 21.3. The minimum Gasteiger partial charge on any atom is -0.497 e. The lowest BCUT2D eigenvalue weighted by molar-refractivity contribution is -0.122. The first kappa shape index (κ1) is 21.6. The van der Waals surface area contributed by atoms with Gasteiger partial charge in [-0.2, -0.15) is 0 Å². The van der Waals surface area contributed by atoms with Crippen LogP contribution >= 0.6 is 0 Å². The number of ether oxygens (including phenoxy) is 3. The smallest absolute Gasteiger partial charge is 0.265 e. The van der Waals surface area contributed by atoms with Crippen LogP contribution in [0.3, 0.4) is 0 Å². The van der Waals surface area contributed by atoms with E-state index < -0.39 is 6.10 Å². The van der Waals surface area contributed by atoms with Gasteiger partial charge in [0.2, 0.25) is 0 Å². The van der Waals surface area contributed by atoms with Crippen LogP contribution in [-0.2, 0) is 9.53 Å². The predicted octanol–water partition coefficient (Wildman–Crippen LogP) is 3.40. The molecule has 2 aromatic rings. The third kappa shape index (κ3) is 5.73. The SMILES string of the molecule is CC[C@@H](Oc1ccc(OC)cc1)C(=O)Nc1ccccc1C(=O)NC[C@@H]1CCCO1. The molecule has 0 unspecified atom stereocenters. The first-order valence-corrected chi connectivity index (χ1v) is 10.2. The van der Waals surface area contributed by atoms with Crippen molar-refractivity contribution in [1.82, 2.24) is 5.32 Å². The molecule has 0 spiro atoms. The fourth-order valence-electron chi connectivity index (χ4n) is 3.25. The number of nitrogens with one attached hydrogen (secondary N) is 2. The van der Waals surface area contributed by atoms with Crippen LogP contribution in [0.4, 0.5) is 5.69 Å². The van der Waals surface area contributed by atoms with Crippen molar-refractivity contribution in [2.24, 2.45) is 0 Å². The summed E-state index contributed by atoms with van der Waals surface area (Å²) in [6, 6.07) is 14.0. The predicted molar refractivity (Wildman–Crippen MR) is 114 cm³/mol. The van der Waals surface area contributed by atoms with Gasteiger partial charge in [0, 0.05) is 13.2 Å². The second-order valence-corrected chi connectivity index (χ2v) is 7.07. The number of amides is 2. The van der Waals surface area contributed by atoms with Crippen molar-refractivity contribution >= 4 is 17.5 Å². The van der Waals surface area contributed by atoms with Crippen LogP contribution in [0, 0.1) is 0 Å². The summed E-state index contributed by atoms with van der Waals surface area (Å²) < 4.78 is 16.5. The average Bonchev–Trinajstić information content (AvgIpc) is 3.30. The molecule has 2 N–H and O–H groups in total. The molecule has 0 radical (unpaired) electrons. The molecular weight excluding hydrogens is 384 g/mol. The normalized spacial score (nSPS) is 16.5. The Labute approximate surface area is 176 Å². The monoisotopic (exact) mass is 412 g/mol. The zero-order valence-corrected chi connectivity index (χ0v) is 17.4. The maximum absolute atomic E-state index is 12.8. The van der Waals surface area contributed by atoms with Gasteiger partial charge in [-0.15, -0.1) is 0 Å². The topological polar surface area (TPSA) is 85.9 Å². The Hall–Kier alpha value is -3.06. The number of carbonyl (C=O) groups excluding carboxylic acids is 2. The summed E-state index contributed by atoms with van der Waals surface area (Å²) >= 11 is 0. The molecule has 1 aliphatic heterocycles.